The van der Waals surface area contributed by atoms with Crippen molar-refractivity contribution in [3.8, 4) is 11.3 Å². The SMILES string of the molecule is CSc1cccc(NC(=O)Cn2c(-c3ccc(C)cc3)csc2=O)c1. The number of anilines is 1. The van der Waals surface area contributed by atoms with E-state index in [-0.39, 0.29) is 17.3 Å². The summed E-state index contributed by atoms with van der Waals surface area (Å²) in [7, 11) is 0. The van der Waals surface area contributed by atoms with Crippen LogP contribution in [0.2, 0.25) is 0 Å². The molecule has 4 nitrogen and oxygen atoms in total. The first-order chi connectivity index (χ1) is 12.1. The lowest BCUT2D eigenvalue weighted by Gasteiger charge is -2.10. The van der Waals surface area contributed by atoms with Gasteiger partial charge in [-0.1, -0.05) is 47.2 Å². The van der Waals surface area contributed by atoms with Gasteiger partial charge in [-0.3, -0.25) is 14.2 Å². The van der Waals surface area contributed by atoms with Crippen LogP contribution < -0.4 is 10.2 Å². The second kappa shape index (κ2) is 7.72. The fourth-order valence-corrected chi connectivity index (χ4v) is 3.70. The van der Waals surface area contributed by atoms with Gasteiger partial charge in [-0.2, -0.15) is 0 Å². The van der Waals surface area contributed by atoms with E-state index in [0.717, 1.165) is 38.7 Å². The molecule has 1 aromatic heterocycles. The van der Waals surface area contributed by atoms with Crippen LogP contribution >= 0.6 is 23.1 Å². The Morgan fingerprint density at radius 2 is 1.96 bits per heavy atom. The van der Waals surface area contributed by atoms with Crippen molar-refractivity contribution in [2.75, 3.05) is 11.6 Å². The maximum absolute atomic E-state index is 12.4. The molecule has 0 atom stereocenters. The first-order valence-electron chi connectivity index (χ1n) is 7.76. The number of hydrogen-bond donors (Lipinski definition) is 1. The summed E-state index contributed by atoms with van der Waals surface area (Å²) in [6, 6.07) is 15.6. The number of amides is 1. The van der Waals surface area contributed by atoms with E-state index in [9.17, 15) is 9.59 Å². The zero-order valence-electron chi connectivity index (χ0n) is 14.0. The Balaban J connectivity index is 1.80. The van der Waals surface area contributed by atoms with Gasteiger partial charge in [0.25, 0.3) is 0 Å². The van der Waals surface area contributed by atoms with Gasteiger partial charge in [0.1, 0.15) is 6.54 Å². The van der Waals surface area contributed by atoms with Crippen molar-refractivity contribution < 1.29 is 4.79 Å². The van der Waals surface area contributed by atoms with Gasteiger partial charge in [0, 0.05) is 16.0 Å². The zero-order chi connectivity index (χ0) is 17.8. The topological polar surface area (TPSA) is 51.1 Å². The number of carbonyl (C=O) groups is 1. The molecule has 0 saturated carbocycles. The summed E-state index contributed by atoms with van der Waals surface area (Å²) >= 11 is 2.72. The van der Waals surface area contributed by atoms with Crippen molar-refractivity contribution in [1.29, 1.82) is 0 Å². The van der Waals surface area contributed by atoms with Gasteiger partial charge in [-0.05, 0) is 36.9 Å². The summed E-state index contributed by atoms with van der Waals surface area (Å²) in [4.78, 5) is 25.5. The number of aryl methyl sites for hydroxylation is 1. The zero-order valence-corrected chi connectivity index (χ0v) is 15.6. The van der Waals surface area contributed by atoms with Crippen molar-refractivity contribution >= 4 is 34.7 Å². The predicted octanol–water partition coefficient (Wildman–Crippen LogP) is 4.25. The summed E-state index contributed by atoms with van der Waals surface area (Å²) in [6.45, 7) is 2.01. The maximum atomic E-state index is 12.4. The van der Waals surface area contributed by atoms with E-state index < -0.39 is 0 Å². The fourth-order valence-electron chi connectivity index (χ4n) is 2.47. The largest absolute Gasteiger partial charge is 0.324 e. The molecular formula is C19H18N2O2S2. The fraction of sp³-hybridized carbons (Fsp3) is 0.158. The van der Waals surface area contributed by atoms with Crippen molar-refractivity contribution in [3.63, 3.8) is 0 Å². The van der Waals surface area contributed by atoms with Crippen LogP contribution in [-0.2, 0) is 11.3 Å². The molecular weight excluding hydrogens is 352 g/mol. The van der Waals surface area contributed by atoms with Gasteiger partial charge < -0.3 is 5.32 Å². The Morgan fingerprint density at radius 1 is 1.20 bits per heavy atom. The van der Waals surface area contributed by atoms with Crippen molar-refractivity contribution in [2.24, 2.45) is 0 Å². The normalized spacial score (nSPS) is 10.6. The second-order valence-electron chi connectivity index (χ2n) is 5.62. The minimum atomic E-state index is -0.216. The molecule has 6 heteroatoms. The van der Waals surface area contributed by atoms with Crippen LogP contribution in [0.15, 0.2) is 63.6 Å². The standard InChI is InChI=1S/C19H18N2O2S2/c1-13-6-8-14(9-7-13)17-12-25-19(23)21(17)11-18(22)20-15-4-3-5-16(10-15)24-2/h3-10,12H,11H2,1-2H3,(H,20,22). The number of nitrogens with zero attached hydrogens (tertiary/aromatic N) is 1. The molecule has 0 bridgehead atoms. The summed E-state index contributed by atoms with van der Waals surface area (Å²) in [6.07, 6.45) is 1.99. The average Bonchev–Trinajstić information content (AvgIpc) is 2.96. The lowest BCUT2D eigenvalue weighted by atomic mass is 10.1. The highest BCUT2D eigenvalue weighted by Crippen LogP contribution is 2.21. The molecule has 0 spiro atoms. The number of hydrogen-bond acceptors (Lipinski definition) is 4. The van der Waals surface area contributed by atoms with E-state index in [0.29, 0.717) is 0 Å². The molecule has 3 aromatic rings. The highest BCUT2D eigenvalue weighted by molar-refractivity contribution is 7.98. The summed E-state index contributed by atoms with van der Waals surface area (Å²) in [5.74, 6) is -0.216. The smallest absolute Gasteiger partial charge is 0.308 e. The molecule has 128 valence electrons. The van der Waals surface area contributed by atoms with Crippen molar-refractivity contribution in [2.45, 2.75) is 18.4 Å². The number of aromatic nitrogens is 1. The Hall–Kier alpha value is -2.31. The molecule has 0 aliphatic rings. The lowest BCUT2D eigenvalue weighted by Crippen LogP contribution is -2.25. The van der Waals surface area contributed by atoms with Gasteiger partial charge >= 0.3 is 4.87 Å². The van der Waals surface area contributed by atoms with Crippen molar-refractivity contribution in [3.05, 3.63) is 69.1 Å². The average molecular weight is 370 g/mol. The number of carbonyl (C=O) groups excluding carboxylic acids is 1. The molecule has 0 fully saturated rings. The molecule has 2 aromatic carbocycles. The number of thioether (sulfide) groups is 1. The van der Waals surface area contributed by atoms with Crippen LogP contribution in [0.25, 0.3) is 11.3 Å². The van der Waals surface area contributed by atoms with Crippen LogP contribution in [0.4, 0.5) is 5.69 Å². The summed E-state index contributed by atoms with van der Waals surface area (Å²) < 4.78 is 1.52. The summed E-state index contributed by atoms with van der Waals surface area (Å²) in [5, 5.41) is 4.66. The van der Waals surface area contributed by atoms with Gasteiger partial charge in [0.05, 0.1) is 5.69 Å². The first kappa shape index (κ1) is 17.5. The minimum Gasteiger partial charge on any atom is -0.324 e. The summed E-state index contributed by atoms with van der Waals surface area (Å²) in [5.41, 5.74) is 3.58. The number of rotatable bonds is 5. The Bertz CT molecular complexity index is 943. The first-order valence-corrected chi connectivity index (χ1v) is 9.86. The van der Waals surface area contributed by atoms with Gasteiger partial charge in [-0.25, -0.2) is 0 Å². The van der Waals surface area contributed by atoms with E-state index in [2.05, 4.69) is 5.32 Å². The molecule has 0 aliphatic carbocycles. The number of nitrogens with one attached hydrogen (secondary N) is 1. The molecule has 25 heavy (non-hydrogen) atoms. The van der Waals surface area contributed by atoms with Gasteiger partial charge in [-0.15, -0.1) is 11.8 Å². The quantitative estimate of drug-likeness (QED) is 0.683. The van der Waals surface area contributed by atoms with Crippen LogP contribution in [0, 0.1) is 6.92 Å². The third kappa shape index (κ3) is 4.21. The van der Waals surface area contributed by atoms with Crippen LogP contribution in [-0.4, -0.2) is 16.7 Å². The van der Waals surface area contributed by atoms with E-state index in [4.69, 9.17) is 0 Å². The van der Waals surface area contributed by atoms with E-state index in [1.54, 1.807) is 17.1 Å². The second-order valence-corrected chi connectivity index (χ2v) is 7.32. The third-order valence-electron chi connectivity index (χ3n) is 3.79. The van der Waals surface area contributed by atoms with E-state index in [1.165, 1.54) is 4.57 Å². The Morgan fingerprint density at radius 3 is 2.68 bits per heavy atom. The molecule has 1 heterocycles. The van der Waals surface area contributed by atoms with Crippen LogP contribution in [0.3, 0.4) is 0 Å². The van der Waals surface area contributed by atoms with E-state index in [1.807, 2.05) is 61.7 Å². The van der Waals surface area contributed by atoms with Gasteiger partial charge in [0.2, 0.25) is 5.91 Å². The molecule has 0 radical (unpaired) electrons. The molecule has 3 rings (SSSR count). The highest BCUT2D eigenvalue weighted by Gasteiger charge is 2.13. The molecule has 0 unspecified atom stereocenters. The Kier molecular flexibility index (Phi) is 5.40. The monoisotopic (exact) mass is 370 g/mol. The van der Waals surface area contributed by atoms with E-state index >= 15 is 0 Å². The molecule has 1 N–H and O–H groups in total. The minimum absolute atomic E-state index is 0.00492. The highest BCUT2D eigenvalue weighted by atomic mass is 32.2. The predicted molar refractivity (Wildman–Crippen MR) is 106 cm³/mol. The number of benzene rings is 2. The Labute approximate surface area is 154 Å². The molecule has 1 amide bonds. The molecule has 0 saturated heterocycles. The number of thiazole rings is 1. The maximum Gasteiger partial charge on any atom is 0.308 e. The van der Waals surface area contributed by atoms with Crippen LogP contribution in [0.1, 0.15) is 5.56 Å². The van der Waals surface area contributed by atoms with Gasteiger partial charge in [0.15, 0.2) is 0 Å². The lowest BCUT2D eigenvalue weighted by molar-refractivity contribution is -0.116. The van der Waals surface area contributed by atoms with Crippen LogP contribution in [0.5, 0.6) is 0 Å². The molecule has 0 aliphatic heterocycles. The third-order valence-corrected chi connectivity index (χ3v) is 5.27. The van der Waals surface area contributed by atoms with Crippen molar-refractivity contribution in [1.82, 2.24) is 4.57 Å².